The molecule has 0 bridgehead atoms. The number of hydrogen-bond acceptors (Lipinski definition) is 3. The Kier molecular flexibility index (Phi) is 3.01. The highest BCUT2D eigenvalue weighted by Gasteiger charge is 2.03. The van der Waals surface area contributed by atoms with E-state index < -0.39 is 0 Å². The number of rotatable bonds is 3. The molecule has 0 unspecified atom stereocenters. The summed E-state index contributed by atoms with van der Waals surface area (Å²) in [7, 11) is 0. The third-order valence-corrected chi connectivity index (χ3v) is 2.70. The van der Waals surface area contributed by atoms with E-state index in [1.54, 1.807) is 6.20 Å². The van der Waals surface area contributed by atoms with Gasteiger partial charge in [-0.1, -0.05) is 11.6 Å². The average molecular weight is 237 g/mol. The number of aromatic nitrogens is 2. The number of H-pyrrole nitrogens is 1. The number of hydrogen-bond donors (Lipinski definition) is 3. The first-order valence-electron chi connectivity index (χ1n) is 4.94. The van der Waals surface area contributed by atoms with Crippen LogP contribution >= 0.6 is 11.6 Å². The highest BCUT2D eigenvalue weighted by Crippen LogP contribution is 2.26. The van der Waals surface area contributed by atoms with Gasteiger partial charge in [-0.25, -0.2) is 0 Å². The summed E-state index contributed by atoms with van der Waals surface area (Å²) < 4.78 is 0. The SMILES string of the molecule is Cc1cc(N)c(Cl)cc1NCc1ccn[nH]1. The molecule has 1 aromatic heterocycles. The minimum atomic E-state index is 0.567. The molecule has 0 aliphatic rings. The van der Waals surface area contributed by atoms with Gasteiger partial charge in [0.2, 0.25) is 0 Å². The lowest BCUT2D eigenvalue weighted by molar-refractivity contribution is 0.980. The second kappa shape index (κ2) is 4.45. The fraction of sp³-hybridized carbons (Fsp3) is 0.182. The molecule has 0 fully saturated rings. The Hall–Kier alpha value is -1.68. The summed E-state index contributed by atoms with van der Waals surface area (Å²) in [5, 5.41) is 10.6. The van der Waals surface area contributed by atoms with Gasteiger partial charge in [-0.2, -0.15) is 5.10 Å². The van der Waals surface area contributed by atoms with Crippen LogP contribution in [0.3, 0.4) is 0 Å². The Morgan fingerprint density at radius 2 is 2.31 bits per heavy atom. The Bertz CT molecular complexity index is 479. The number of nitrogens with two attached hydrogens (primary N) is 1. The average Bonchev–Trinajstić information content (AvgIpc) is 2.74. The van der Waals surface area contributed by atoms with Crippen molar-refractivity contribution in [3.8, 4) is 0 Å². The molecule has 0 aliphatic carbocycles. The molecule has 16 heavy (non-hydrogen) atoms. The third kappa shape index (κ3) is 2.28. The maximum absolute atomic E-state index is 5.96. The van der Waals surface area contributed by atoms with E-state index in [0.717, 1.165) is 16.9 Å². The molecule has 0 amide bonds. The molecular weight excluding hydrogens is 224 g/mol. The second-order valence-electron chi connectivity index (χ2n) is 3.62. The van der Waals surface area contributed by atoms with Crippen LogP contribution < -0.4 is 11.1 Å². The summed E-state index contributed by atoms with van der Waals surface area (Å²) in [6.07, 6.45) is 1.72. The van der Waals surface area contributed by atoms with Crippen LogP contribution in [0.1, 0.15) is 11.3 Å². The van der Waals surface area contributed by atoms with Crippen LogP contribution in [0.25, 0.3) is 0 Å². The summed E-state index contributed by atoms with van der Waals surface area (Å²) in [5.74, 6) is 0. The number of aryl methyl sites for hydroxylation is 1. The first-order valence-corrected chi connectivity index (χ1v) is 5.32. The molecular formula is C11H13ClN4. The molecule has 4 nitrogen and oxygen atoms in total. The largest absolute Gasteiger partial charge is 0.398 e. The Morgan fingerprint density at radius 3 is 3.00 bits per heavy atom. The Morgan fingerprint density at radius 1 is 1.50 bits per heavy atom. The monoisotopic (exact) mass is 236 g/mol. The lowest BCUT2D eigenvalue weighted by Gasteiger charge is -2.10. The van der Waals surface area contributed by atoms with Gasteiger partial charge in [-0.05, 0) is 30.7 Å². The van der Waals surface area contributed by atoms with E-state index in [2.05, 4.69) is 15.5 Å². The van der Waals surface area contributed by atoms with Gasteiger partial charge in [0.25, 0.3) is 0 Å². The minimum absolute atomic E-state index is 0.567. The van der Waals surface area contributed by atoms with Crippen LogP contribution in [-0.2, 0) is 6.54 Å². The smallest absolute Gasteiger partial charge is 0.0656 e. The van der Waals surface area contributed by atoms with Crippen LogP contribution in [0.4, 0.5) is 11.4 Å². The van der Waals surface area contributed by atoms with Gasteiger partial charge in [0.05, 0.1) is 22.9 Å². The summed E-state index contributed by atoms with van der Waals surface area (Å²) in [4.78, 5) is 0. The Labute approximate surface area is 98.8 Å². The van der Waals surface area contributed by atoms with Crippen molar-refractivity contribution in [1.82, 2.24) is 10.2 Å². The van der Waals surface area contributed by atoms with Gasteiger partial charge >= 0.3 is 0 Å². The minimum Gasteiger partial charge on any atom is -0.398 e. The molecule has 2 aromatic rings. The number of nitrogen functional groups attached to an aromatic ring is 1. The number of nitrogens with one attached hydrogen (secondary N) is 2. The molecule has 1 heterocycles. The normalized spacial score (nSPS) is 10.4. The first kappa shape index (κ1) is 10.8. The fourth-order valence-electron chi connectivity index (χ4n) is 1.47. The van der Waals surface area contributed by atoms with Gasteiger partial charge < -0.3 is 11.1 Å². The number of nitrogens with zero attached hydrogens (tertiary/aromatic N) is 1. The van der Waals surface area contributed by atoms with E-state index in [1.807, 2.05) is 25.1 Å². The first-order chi connectivity index (χ1) is 7.66. The predicted octanol–water partition coefficient (Wildman–Crippen LogP) is 2.57. The van der Waals surface area contributed by atoms with Crippen LogP contribution in [0.5, 0.6) is 0 Å². The number of aromatic amines is 1. The zero-order valence-electron chi connectivity index (χ0n) is 8.92. The predicted molar refractivity (Wildman–Crippen MR) is 66.5 cm³/mol. The molecule has 0 saturated heterocycles. The molecule has 0 radical (unpaired) electrons. The lowest BCUT2D eigenvalue weighted by atomic mass is 10.2. The molecule has 0 saturated carbocycles. The summed E-state index contributed by atoms with van der Waals surface area (Å²) in [6.45, 7) is 2.67. The van der Waals surface area contributed by atoms with Crippen molar-refractivity contribution in [2.75, 3.05) is 11.1 Å². The van der Waals surface area contributed by atoms with E-state index in [-0.39, 0.29) is 0 Å². The summed E-state index contributed by atoms with van der Waals surface area (Å²) in [5.41, 5.74) is 9.38. The van der Waals surface area contributed by atoms with Crippen molar-refractivity contribution in [3.05, 3.63) is 40.7 Å². The molecule has 5 heteroatoms. The van der Waals surface area contributed by atoms with E-state index >= 15 is 0 Å². The van der Waals surface area contributed by atoms with Crippen molar-refractivity contribution < 1.29 is 0 Å². The molecule has 4 N–H and O–H groups in total. The Balaban J connectivity index is 2.12. The van der Waals surface area contributed by atoms with E-state index in [0.29, 0.717) is 17.3 Å². The van der Waals surface area contributed by atoms with Crippen LogP contribution in [0, 0.1) is 6.92 Å². The van der Waals surface area contributed by atoms with Gasteiger partial charge in [0.1, 0.15) is 0 Å². The van der Waals surface area contributed by atoms with E-state index in [1.165, 1.54) is 0 Å². The van der Waals surface area contributed by atoms with Crippen LogP contribution in [0.15, 0.2) is 24.4 Å². The highest BCUT2D eigenvalue weighted by atomic mass is 35.5. The zero-order valence-corrected chi connectivity index (χ0v) is 9.67. The van der Waals surface area contributed by atoms with Gasteiger partial charge in [0, 0.05) is 11.9 Å². The molecule has 0 atom stereocenters. The number of halogens is 1. The number of benzene rings is 1. The highest BCUT2D eigenvalue weighted by molar-refractivity contribution is 6.33. The van der Waals surface area contributed by atoms with E-state index in [9.17, 15) is 0 Å². The maximum Gasteiger partial charge on any atom is 0.0656 e. The molecule has 1 aromatic carbocycles. The summed E-state index contributed by atoms with van der Waals surface area (Å²) >= 11 is 5.96. The third-order valence-electron chi connectivity index (χ3n) is 2.37. The molecule has 0 aliphatic heterocycles. The molecule has 84 valence electrons. The number of anilines is 2. The second-order valence-corrected chi connectivity index (χ2v) is 4.03. The zero-order chi connectivity index (χ0) is 11.5. The van der Waals surface area contributed by atoms with Crippen molar-refractivity contribution in [2.24, 2.45) is 0 Å². The summed E-state index contributed by atoms with van der Waals surface area (Å²) in [6, 6.07) is 5.61. The standard InChI is InChI=1S/C11H13ClN4/c1-7-4-10(13)9(12)5-11(7)14-6-8-2-3-15-16-8/h2-5,14H,6,13H2,1H3,(H,15,16). The van der Waals surface area contributed by atoms with Crippen LogP contribution in [-0.4, -0.2) is 10.2 Å². The van der Waals surface area contributed by atoms with Crippen molar-refractivity contribution in [2.45, 2.75) is 13.5 Å². The molecule has 0 spiro atoms. The van der Waals surface area contributed by atoms with Gasteiger partial charge in [-0.3, -0.25) is 5.10 Å². The quantitative estimate of drug-likeness (QED) is 0.718. The topological polar surface area (TPSA) is 66.7 Å². The van der Waals surface area contributed by atoms with Gasteiger partial charge in [0.15, 0.2) is 0 Å². The van der Waals surface area contributed by atoms with Crippen molar-refractivity contribution in [3.63, 3.8) is 0 Å². The van der Waals surface area contributed by atoms with Gasteiger partial charge in [-0.15, -0.1) is 0 Å². The van der Waals surface area contributed by atoms with Crippen LogP contribution in [0.2, 0.25) is 5.02 Å². The van der Waals surface area contributed by atoms with E-state index in [4.69, 9.17) is 17.3 Å². The fourth-order valence-corrected chi connectivity index (χ4v) is 1.63. The van der Waals surface area contributed by atoms with Crippen molar-refractivity contribution in [1.29, 1.82) is 0 Å². The molecule has 2 rings (SSSR count). The van der Waals surface area contributed by atoms with Crippen molar-refractivity contribution >= 4 is 23.0 Å². The lowest BCUT2D eigenvalue weighted by Crippen LogP contribution is -2.02. The maximum atomic E-state index is 5.96.